The van der Waals surface area contributed by atoms with Crippen molar-refractivity contribution in [2.45, 2.75) is 46.6 Å². The summed E-state index contributed by atoms with van der Waals surface area (Å²) in [5, 5.41) is 2.10. The smallest absolute Gasteiger partial charge is 0.385 e. The number of hydrogen-bond donors (Lipinski definition) is 0. The third-order valence-corrected chi connectivity index (χ3v) is 3.95. The average Bonchev–Trinajstić information content (AvgIpc) is 2.45. The average molecular weight is 329 g/mol. The highest BCUT2D eigenvalue weighted by Gasteiger charge is 2.30. The number of carbonyl (C=O) groups is 1. The number of allylic oxidation sites excluding steroid dienone is 3. The fraction of sp³-hybridized carbons (Fsp3) is 0.450. The van der Waals surface area contributed by atoms with Crippen LogP contribution in [0.3, 0.4) is 0 Å². The summed E-state index contributed by atoms with van der Waals surface area (Å²) in [6, 6.07) is 0. The van der Waals surface area contributed by atoms with Crippen LogP contribution in [0.25, 0.3) is 0 Å². The molecule has 2 unspecified atom stereocenters. The predicted molar refractivity (Wildman–Crippen MR) is 94.1 cm³/mol. The summed E-state index contributed by atoms with van der Waals surface area (Å²) in [6.07, 6.45) is 8.27. The van der Waals surface area contributed by atoms with Gasteiger partial charge in [0.25, 0.3) is 0 Å². The van der Waals surface area contributed by atoms with Gasteiger partial charge in [0.2, 0.25) is 0 Å². The molecule has 3 heteroatoms. The van der Waals surface area contributed by atoms with Gasteiger partial charge >= 0.3 is 5.97 Å². The Morgan fingerprint density at radius 3 is 2.74 bits per heavy atom. The van der Waals surface area contributed by atoms with Gasteiger partial charge in [0.15, 0.2) is 0 Å². The van der Waals surface area contributed by atoms with E-state index in [4.69, 9.17) is 16.3 Å². The minimum atomic E-state index is -0.606. The molecule has 0 aromatic carbocycles. The normalized spacial score (nSPS) is 19.9. The van der Waals surface area contributed by atoms with Crippen LogP contribution in [0.4, 0.5) is 0 Å². The SMILES string of the molecule is CC1=CCCC(C)(C)C1/C=C/C(C)OC(=O)C#CC#CC#CCl. The van der Waals surface area contributed by atoms with E-state index in [1.165, 1.54) is 5.57 Å². The fourth-order valence-corrected chi connectivity index (χ4v) is 2.70. The molecule has 0 aromatic rings. The molecule has 0 fully saturated rings. The van der Waals surface area contributed by atoms with Gasteiger partial charge in [0.1, 0.15) is 6.10 Å². The lowest BCUT2D eigenvalue weighted by molar-refractivity contribution is -0.139. The molecule has 0 spiro atoms. The summed E-state index contributed by atoms with van der Waals surface area (Å²) in [5.74, 6) is 11.5. The molecule has 2 atom stereocenters. The van der Waals surface area contributed by atoms with Crippen LogP contribution in [0.1, 0.15) is 40.5 Å². The number of rotatable bonds is 3. The van der Waals surface area contributed by atoms with Crippen molar-refractivity contribution < 1.29 is 9.53 Å². The van der Waals surface area contributed by atoms with Crippen molar-refractivity contribution in [3.63, 3.8) is 0 Å². The Morgan fingerprint density at radius 2 is 2.09 bits per heavy atom. The van der Waals surface area contributed by atoms with Gasteiger partial charge in [0.05, 0.1) is 0 Å². The van der Waals surface area contributed by atoms with E-state index in [-0.39, 0.29) is 11.5 Å². The van der Waals surface area contributed by atoms with Crippen molar-refractivity contribution in [3.05, 3.63) is 23.8 Å². The molecule has 1 rings (SSSR count). The standard InChI is InChI=1S/C20H21ClO2/c1-16-10-9-14-20(3,4)18(16)13-12-17(2)23-19(22)11-7-5-6-8-15-21/h10,12-13,17-18H,9,14H2,1-4H3/b13-12+. The van der Waals surface area contributed by atoms with Crippen LogP contribution in [0.15, 0.2) is 23.8 Å². The number of carbonyl (C=O) groups excluding carboxylic acids is 1. The van der Waals surface area contributed by atoms with Gasteiger partial charge in [-0.3, -0.25) is 0 Å². The molecule has 1 aliphatic rings. The maximum Gasteiger partial charge on any atom is 0.385 e. The molecule has 0 saturated carbocycles. The number of hydrogen-bond acceptors (Lipinski definition) is 2. The lowest BCUT2D eigenvalue weighted by Crippen LogP contribution is -2.26. The van der Waals surface area contributed by atoms with E-state index in [1.807, 2.05) is 13.0 Å². The zero-order valence-electron chi connectivity index (χ0n) is 14.0. The molecule has 0 amide bonds. The first-order valence-corrected chi connectivity index (χ1v) is 7.92. The molecule has 0 saturated heterocycles. The van der Waals surface area contributed by atoms with Crippen LogP contribution in [-0.4, -0.2) is 12.1 Å². The van der Waals surface area contributed by atoms with Crippen molar-refractivity contribution in [1.82, 2.24) is 0 Å². The van der Waals surface area contributed by atoms with Gasteiger partial charge in [-0.25, -0.2) is 4.79 Å². The van der Waals surface area contributed by atoms with Crippen LogP contribution in [0.5, 0.6) is 0 Å². The van der Waals surface area contributed by atoms with Gasteiger partial charge in [-0.15, -0.1) is 0 Å². The van der Waals surface area contributed by atoms with Crippen LogP contribution < -0.4 is 0 Å². The summed E-state index contributed by atoms with van der Waals surface area (Å²) in [5.41, 5.74) is 1.59. The second-order valence-electron chi connectivity index (χ2n) is 6.17. The minimum Gasteiger partial charge on any atom is -0.449 e. The van der Waals surface area contributed by atoms with Gasteiger partial charge in [-0.2, -0.15) is 0 Å². The second-order valence-corrected chi connectivity index (χ2v) is 6.36. The zero-order valence-corrected chi connectivity index (χ0v) is 14.8. The van der Waals surface area contributed by atoms with E-state index in [0.717, 1.165) is 12.8 Å². The first kappa shape index (κ1) is 19.0. The van der Waals surface area contributed by atoms with E-state index in [9.17, 15) is 4.79 Å². The topological polar surface area (TPSA) is 26.3 Å². The van der Waals surface area contributed by atoms with Crippen molar-refractivity contribution >= 4 is 17.6 Å². The Morgan fingerprint density at radius 1 is 1.39 bits per heavy atom. The quantitative estimate of drug-likeness (QED) is 0.338. The van der Waals surface area contributed by atoms with Crippen molar-refractivity contribution in [2.75, 3.05) is 0 Å². The summed E-state index contributed by atoms with van der Waals surface area (Å²) in [4.78, 5) is 11.6. The molecule has 0 aliphatic heterocycles. The second kappa shape index (κ2) is 9.15. The van der Waals surface area contributed by atoms with Crippen LogP contribution in [0.2, 0.25) is 0 Å². The van der Waals surface area contributed by atoms with E-state index in [1.54, 1.807) is 0 Å². The molecule has 2 nitrogen and oxygen atoms in total. The van der Waals surface area contributed by atoms with Crippen LogP contribution in [0, 0.1) is 46.3 Å². The summed E-state index contributed by atoms with van der Waals surface area (Å²) >= 11 is 5.13. The summed E-state index contributed by atoms with van der Waals surface area (Å²) in [7, 11) is 0. The van der Waals surface area contributed by atoms with Crippen LogP contribution in [-0.2, 0) is 9.53 Å². The number of ether oxygens (including phenoxy) is 1. The Bertz CT molecular complexity index is 678. The summed E-state index contributed by atoms with van der Waals surface area (Å²) < 4.78 is 5.20. The molecule has 23 heavy (non-hydrogen) atoms. The molecular weight excluding hydrogens is 308 g/mol. The maximum absolute atomic E-state index is 11.6. The first-order chi connectivity index (χ1) is 10.9. The van der Waals surface area contributed by atoms with E-state index < -0.39 is 5.97 Å². The molecule has 120 valence electrons. The molecule has 0 aromatic heterocycles. The fourth-order valence-electron chi connectivity index (χ4n) is 2.66. The van der Waals surface area contributed by atoms with Crippen molar-refractivity contribution in [1.29, 1.82) is 0 Å². The molecule has 0 radical (unpaired) electrons. The Balaban J connectivity index is 2.62. The number of esters is 1. The van der Waals surface area contributed by atoms with Gasteiger partial charge < -0.3 is 4.74 Å². The summed E-state index contributed by atoms with van der Waals surface area (Å²) in [6.45, 7) is 8.50. The maximum atomic E-state index is 11.6. The highest BCUT2D eigenvalue weighted by Crippen LogP contribution is 2.41. The third kappa shape index (κ3) is 6.69. The Hall–Kier alpha value is -2.08. The van der Waals surface area contributed by atoms with Gasteiger partial charge in [-0.1, -0.05) is 31.6 Å². The Labute approximate surface area is 144 Å². The van der Waals surface area contributed by atoms with Crippen molar-refractivity contribution in [3.8, 4) is 35.0 Å². The van der Waals surface area contributed by atoms with Crippen LogP contribution >= 0.6 is 11.6 Å². The molecule has 1 aliphatic carbocycles. The van der Waals surface area contributed by atoms with Gasteiger partial charge in [0, 0.05) is 29.1 Å². The first-order valence-electron chi connectivity index (χ1n) is 7.54. The molecule has 0 N–H and O–H groups in total. The third-order valence-electron chi connectivity index (χ3n) is 3.85. The highest BCUT2D eigenvalue weighted by atomic mass is 35.5. The lowest BCUT2D eigenvalue weighted by Gasteiger charge is -2.36. The molecular formula is C20H21ClO2. The largest absolute Gasteiger partial charge is 0.449 e. The molecule has 0 heterocycles. The van der Waals surface area contributed by atoms with E-state index in [0.29, 0.717) is 5.92 Å². The van der Waals surface area contributed by atoms with E-state index in [2.05, 4.69) is 67.9 Å². The lowest BCUT2D eigenvalue weighted by atomic mass is 9.68. The minimum absolute atomic E-state index is 0.220. The highest BCUT2D eigenvalue weighted by molar-refractivity contribution is 6.30. The van der Waals surface area contributed by atoms with Crippen molar-refractivity contribution in [2.24, 2.45) is 11.3 Å². The Kier molecular flexibility index (Phi) is 7.54. The van der Waals surface area contributed by atoms with Gasteiger partial charge in [-0.05, 0) is 61.6 Å². The van der Waals surface area contributed by atoms with E-state index >= 15 is 0 Å². The predicted octanol–water partition coefficient (Wildman–Crippen LogP) is 4.06. The zero-order chi connectivity index (χ0) is 17.3. The molecule has 0 bridgehead atoms. The number of halogens is 1. The monoisotopic (exact) mass is 328 g/mol.